The quantitative estimate of drug-likeness (QED) is 0.158. The Balaban J connectivity index is 1.62. The first-order valence-electron chi connectivity index (χ1n) is 11.0. The van der Waals surface area contributed by atoms with Gasteiger partial charge in [-0.25, -0.2) is 4.68 Å². The van der Waals surface area contributed by atoms with Gasteiger partial charge >= 0.3 is 6.18 Å². The molecule has 0 aliphatic rings. The molecular weight excluding hydrogens is 503 g/mol. The second-order valence-corrected chi connectivity index (χ2v) is 8.83. The molecule has 3 aromatic heterocycles. The summed E-state index contributed by atoms with van der Waals surface area (Å²) in [7, 11) is 0. The van der Waals surface area contributed by atoms with Gasteiger partial charge in [0.25, 0.3) is 0 Å². The highest BCUT2D eigenvalue weighted by Gasteiger charge is 2.26. The molecule has 0 spiro atoms. The minimum absolute atomic E-state index is 0.0230. The summed E-state index contributed by atoms with van der Waals surface area (Å²) in [5, 5.41) is 10.5. The van der Waals surface area contributed by atoms with Crippen molar-refractivity contribution in [1.82, 2.24) is 14.8 Å². The van der Waals surface area contributed by atoms with Crippen molar-refractivity contribution in [2.45, 2.75) is 45.2 Å². The van der Waals surface area contributed by atoms with Crippen LogP contribution < -0.4 is 4.90 Å². The summed E-state index contributed by atoms with van der Waals surface area (Å²) in [6.07, 6.45) is 0.595. The number of carbonyl (C=O) groups excluding carboxylic acids is 1. The predicted molar refractivity (Wildman–Crippen MR) is 130 cm³/mol. The van der Waals surface area contributed by atoms with Gasteiger partial charge in [-0.2, -0.15) is 18.3 Å². The molecule has 3 rings (SSSR count). The summed E-state index contributed by atoms with van der Waals surface area (Å²) in [4.78, 5) is 24.8. The number of unbranched alkanes of at least 4 members (excludes halogenated alkanes) is 1. The lowest BCUT2D eigenvalue weighted by molar-refractivity contribution is -0.136. The molecule has 0 fully saturated rings. The third kappa shape index (κ3) is 8.07. The van der Waals surface area contributed by atoms with Gasteiger partial charge in [-0.1, -0.05) is 22.8 Å². The molecule has 12 heteroatoms. The zero-order chi connectivity index (χ0) is 25.3. The Morgan fingerprint density at radius 3 is 2.74 bits per heavy atom. The molecule has 3 aromatic rings. The number of carbonyl (C=O) groups is 1. The van der Waals surface area contributed by atoms with Gasteiger partial charge in [0, 0.05) is 32.0 Å². The van der Waals surface area contributed by atoms with E-state index in [1.807, 2.05) is 30.5 Å². The largest absolute Gasteiger partial charge is 0.396 e. The predicted octanol–water partition coefficient (Wildman–Crippen LogP) is 6.27. The van der Waals surface area contributed by atoms with Gasteiger partial charge in [0.1, 0.15) is 12.3 Å². The average molecular weight is 528 g/mol. The number of halogens is 4. The van der Waals surface area contributed by atoms with Gasteiger partial charge in [0.15, 0.2) is 5.15 Å². The number of amides is 1. The number of hydrogen-bond donors (Lipinski definition) is 0. The number of pyridine rings is 1. The lowest BCUT2D eigenvalue weighted by Crippen LogP contribution is -2.30. The second-order valence-electron chi connectivity index (χ2n) is 7.52. The molecule has 0 atom stereocenters. The maximum absolute atomic E-state index is 13.1. The molecule has 0 unspecified atom stereocenters. The number of oxime groups is 1. The van der Waals surface area contributed by atoms with Gasteiger partial charge in [-0.3, -0.25) is 9.78 Å². The van der Waals surface area contributed by atoms with E-state index in [0.717, 1.165) is 4.88 Å². The van der Waals surface area contributed by atoms with Crippen LogP contribution in [0.25, 0.3) is 5.69 Å². The Hall–Kier alpha value is -2.92. The Bertz CT molecular complexity index is 1100. The van der Waals surface area contributed by atoms with Crippen LogP contribution in [0, 0.1) is 0 Å². The standard InChI is InChI=1S/C23H25ClF3N5O2S/c1-2-31(19-16-32(29-22(19)24)17-7-5-12-28-15-17)21(33)10-9-18(20-8-6-14-35-20)30-34-13-4-3-11-23(25,26)27/h5-8,12,14-16H,2-4,9-11,13H2,1H3/b30-18+. The lowest BCUT2D eigenvalue weighted by atomic mass is 10.1. The topological polar surface area (TPSA) is 72.6 Å². The highest BCUT2D eigenvalue weighted by Crippen LogP contribution is 2.27. The highest BCUT2D eigenvalue weighted by atomic mass is 35.5. The first kappa shape index (κ1) is 26.7. The van der Waals surface area contributed by atoms with Gasteiger partial charge < -0.3 is 9.74 Å². The van der Waals surface area contributed by atoms with Gasteiger partial charge in [-0.05, 0) is 43.3 Å². The van der Waals surface area contributed by atoms with Crippen molar-refractivity contribution in [3.8, 4) is 5.69 Å². The summed E-state index contributed by atoms with van der Waals surface area (Å²) in [6, 6.07) is 7.31. The first-order valence-corrected chi connectivity index (χ1v) is 12.3. The van der Waals surface area contributed by atoms with E-state index in [0.29, 0.717) is 30.1 Å². The fourth-order valence-corrected chi connectivity index (χ4v) is 4.23. The number of alkyl halides is 3. The molecule has 3 heterocycles. The average Bonchev–Trinajstić information content (AvgIpc) is 3.49. The van der Waals surface area contributed by atoms with E-state index in [1.165, 1.54) is 11.3 Å². The molecule has 0 saturated heterocycles. The minimum atomic E-state index is -4.17. The van der Waals surface area contributed by atoms with E-state index in [2.05, 4.69) is 15.2 Å². The summed E-state index contributed by atoms with van der Waals surface area (Å²) < 4.78 is 38.4. The fourth-order valence-electron chi connectivity index (χ4n) is 3.26. The van der Waals surface area contributed by atoms with Crippen molar-refractivity contribution in [1.29, 1.82) is 0 Å². The Morgan fingerprint density at radius 2 is 2.09 bits per heavy atom. The normalized spacial score (nSPS) is 12.1. The SMILES string of the molecule is CCN(C(=O)CC/C(=N\OCCCCC(F)(F)F)c1cccs1)c1cn(-c2cccnc2)nc1Cl. The zero-order valence-corrected chi connectivity index (χ0v) is 20.6. The van der Waals surface area contributed by atoms with Crippen molar-refractivity contribution in [2.75, 3.05) is 18.1 Å². The molecule has 0 bridgehead atoms. The molecule has 0 radical (unpaired) electrons. The Morgan fingerprint density at radius 1 is 1.26 bits per heavy atom. The smallest absolute Gasteiger partial charge is 0.389 e. The molecule has 0 aliphatic carbocycles. The molecule has 35 heavy (non-hydrogen) atoms. The van der Waals surface area contributed by atoms with Crippen molar-refractivity contribution < 1.29 is 22.8 Å². The third-order valence-electron chi connectivity index (χ3n) is 4.97. The molecule has 0 saturated carbocycles. The Kier molecular flexibility index (Phi) is 9.67. The van der Waals surface area contributed by atoms with E-state index >= 15 is 0 Å². The van der Waals surface area contributed by atoms with Gasteiger partial charge in [0.2, 0.25) is 5.91 Å². The summed E-state index contributed by atoms with van der Waals surface area (Å²) >= 11 is 7.78. The van der Waals surface area contributed by atoms with Crippen LogP contribution in [0.3, 0.4) is 0 Å². The van der Waals surface area contributed by atoms with Crippen LogP contribution in [-0.2, 0) is 9.63 Å². The molecule has 0 aliphatic heterocycles. The molecule has 0 aromatic carbocycles. The minimum Gasteiger partial charge on any atom is -0.396 e. The molecule has 188 valence electrons. The highest BCUT2D eigenvalue weighted by molar-refractivity contribution is 7.12. The van der Waals surface area contributed by atoms with Crippen LogP contribution in [0.2, 0.25) is 5.15 Å². The number of aromatic nitrogens is 3. The van der Waals surface area contributed by atoms with E-state index in [4.69, 9.17) is 16.4 Å². The Labute approximate surface area is 210 Å². The second kappa shape index (κ2) is 12.7. The van der Waals surface area contributed by atoms with E-state index in [-0.39, 0.29) is 36.9 Å². The van der Waals surface area contributed by atoms with E-state index in [1.54, 1.807) is 34.2 Å². The van der Waals surface area contributed by atoms with Gasteiger partial charge in [0.05, 0.1) is 28.7 Å². The number of nitrogens with zero attached hydrogens (tertiary/aromatic N) is 5. The van der Waals surface area contributed by atoms with Crippen molar-refractivity contribution in [3.63, 3.8) is 0 Å². The lowest BCUT2D eigenvalue weighted by Gasteiger charge is -2.19. The summed E-state index contributed by atoms with van der Waals surface area (Å²) in [5.74, 6) is -0.172. The fraction of sp³-hybridized carbons (Fsp3) is 0.391. The monoisotopic (exact) mass is 527 g/mol. The molecule has 7 nitrogen and oxygen atoms in total. The third-order valence-corrected chi connectivity index (χ3v) is 6.16. The maximum atomic E-state index is 13.1. The molecule has 0 N–H and O–H groups in total. The van der Waals surface area contributed by atoms with Crippen molar-refractivity contribution in [2.24, 2.45) is 5.16 Å². The van der Waals surface area contributed by atoms with E-state index < -0.39 is 12.6 Å². The maximum Gasteiger partial charge on any atom is 0.389 e. The number of hydrogen-bond acceptors (Lipinski definition) is 6. The van der Waals surface area contributed by atoms with E-state index in [9.17, 15) is 18.0 Å². The van der Waals surface area contributed by atoms with Gasteiger partial charge in [-0.15, -0.1) is 11.3 Å². The van der Waals surface area contributed by atoms with Crippen molar-refractivity contribution >= 4 is 40.2 Å². The summed E-state index contributed by atoms with van der Waals surface area (Å²) in [6.45, 7) is 2.30. The van der Waals surface area contributed by atoms with Crippen LogP contribution in [0.4, 0.5) is 18.9 Å². The molecule has 1 amide bonds. The van der Waals surface area contributed by atoms with Crippen LogP contribution in [0.1, 0.15) is 43.9 Å². The van der Waals surface area contributed by atoms with Crippen LogP contribution in [0.5, 0.6) is 0 Å². The van der Waals surface area contributed by atoms with Crippen LogP contribution >= 0.6 is 22.9 Å². The van der Waals surface area contributed by atoms with Crippen LogP contribution in [0.15, 0.2) is 53.4 Å². The first-order chi connectivity index (χ1) is 16.8. The summed E-state index contributed by atoms with van der Waals surface area (Å²) in [5.41, 5.74) is 1.76. The number of rotatable bonds is 12. The van der Waals surface area contributed by atoms with Crippen LogP contribution in [-0.4, -0.2) is 45.7 Å². The zero-order valence-electron chi connectivity index (χ0n) is 19.0. The van der Waals surface area contributed by atoms with Crippen molar-refractivity contribution in [3.05, 3.63) is 58.3 Å². The number of anilines is 1. The molecular formula is C23H25ClF3N5O2S. The number of thiophene rings is 1.